The quantitative estimate of drug-likeness (QED) is 0.196. The molecule has 3 N–H and O–H groups in total. The van der Waals surface area contributed by atoms with E-state index in [4.69, 9.17) is 4.52 Å². The number of anilines is 5. The van der Waals surface area contributed by atoms with Gasteiger partial charge in [0.25, 0.3) is 5.91 Å². The molecule has 0 atom stereocenters. The molecule has 8 heteroatoms. The molecule has 0 bridgehead atoms. The minimum atomic E-state index is -0.221. The maximum absolute atomic E-state index is 13.0. The van der Waals surface area contributed by atoms with E-state index in [2.05, 4.69) is 31.1 Å². The van der Waals surface area contributed by atoms with Crippen LogP contribution in [-0.2, 0) is 0 Å². The summed E-state index contributed by atoms with van der Waals surface area (Å²) in [6.07, 6.45) is 0. The summed E-state index contributed by atoms with van der Waals surface area (Å²) in [5, 5.41) is 14.4. The van der Waals surface area contributed by atoms with Crippen molar-refractivity contribution >= 4 is 45.6 Å². The fourth-order valence-electron chi connectivity index (χ4n) is 4.32. The van der Waals surface area contributed by atoms with Crippen molar-refractivity contribution in [2.75, 3.05) is 16.0 Å². The monoisotopic (exact) mass is 526 g/mol. The molecule has 0 radical (unpaired) electrons. The van der Waals surface area contributed by atoms with E-state index < -0.39 is 0 Å². The molecule has 1 amide bonds. The Balaban J connectivity index is 1.14. The lowest BCUT2D eigenvalue weighted by Crippen LogP contribution is -2.11. The summed E-state index contributed by atoms with van der Waals surface area (Å²) in [6.45, 7) is 3.97. The van der Waals surface area contributed by atoms with Crippen LogP contribution in [0.3, 0.4) is 0 Å². The van der Waals surface area contributed by atoms with Crippen LogP contribution < -0.4 is 16.0 Å². The molecule has 0 unspecified atom stereocenters. The van der Waals surface area contributed by atoms with Crippen molar-refractivity contribution in [3.8, 4) is 11.3 Å². The Morgan fingerprint density at radius 1 is 0.725 bits per heavy atom. The summed E-state index contributed by atoms with van der Waals surface area (Å²) >= 11 is 0. The molecular formula is C32H26N6O2. The van der Waals surface area contributed by atoms with Crippen molar-refractivity contribution in [1.29, 1.82) is 0 Å². The zero-order valence-electron chi connectivity index (χ0n) is 22.0. The number of benzene rings is 4. The van der Waals surface area contributed by atoms with E-state index in [-0.39, 0.29) is 5.91 Å². The van der Waals surface area contributed by atoms with Crippen LogP contribution in [0.2, 0.25) is 0 Å². The summed E-state index contributed by atoms with van der Waals surface area (Å²) < 4.78 is 5.56. The molecule has 6 aromatic rings. The van der Waals surface area contributed by atoms with Crippen molar-refractivity contribution < 1.29 is 9.32 Å². The molecule has 2 aromatic heterocycles. The van der Waals surface area contributed by atoms with Crippen molar-refractivity contribution in [2.24, 2.45) is 0 Å². The topological polar surface area (TPSA) is 105 Å². The van der Waals surface area contributed by atoms with Gasteiger partial charge in [-0.2, -0.15) is 4.98 Å². The Morgan fingerprint density at radius 2 is 1.43 bits per heavy atom. The maximum Gasteiger partial charge on any atom is 0.255 e. The third-order valence-corrected chi connectivity index (χ3v) is 6.35. The first-order valence-electron chi connectivity index (χ1n) is 12.8. The number of aryl methyl sites for hydroxylation is 2. The summed E-state index contributed by atoms with van der Waals surface area (Å²) in [5.74, 6) is 1.59. The average molecular weight is 527 g/mol. The van der Waals surface area contributed by atoms with Gasteiger partial charge in [0.15, 0.2) is 5.76 Å². The van der Waals surface area contributed by atoms with Crippen molar-refractivity contribution in [3.05, 3.63) is 120 Å². The van der Waals surface area contributed by atoms with E-state index in [0.717, 1.165) is 28.0 Å². The van der Waals surface area contributed by atoms with E-state index in [9.17, 15) is 4.79 Å². The highest BCUT2D eigenvalue weighted by atomic mass is 16.5. The number of amides is 1. The van der Waals surface area contributed by atoms with E-state index in [1.54, 1.807) is 18.2 Å². The largest absolute Gasteiger partial charge is 0.355 e. The minimum Gasteiger partial charge on any atom is -0.355 e. The third kappa shape index (κ3) is 5.51. The molecule has 0 aliphatic heterocycles. The van der Waals surface area contributed by atoms with Crippen LogP contribution in [0.15, 0.2) is 108 Å². The first kappa shape index (κ1) is 24.8. The van der Waals surface area contributed by atoms with Crippen LogP contribution in [0.5, 0.6) is 0 Å². The molecule has 0 fully saturated rings. The summed E-state index contributed by atoms with van der Waals surface area (Å²) in [7, 11) is 0. The number of nitrogens with zero attached hydrogens (tertiary/aromatic N) is 3. The van der Waals surface area contributed by atoms with E-state index in [0.29, 0.717) is 34.3 Å². The van der Waals surface area contributed by atoms with Crippen molar-refractivity contribution in [2.45, 2.75) is 13.8 Å². The molecule has 196 valence electrons. The lowest BCUT2D eigenvalue weighted by atomic mass is 10.1. The van der Waals surface area contributed by atoms with Gasteiger partial charge in [-0.3, -0.25) is 4.79 Å². The summed E-state index contributed by atoms with van der Waals surface area (Å²) in [5.41, 5.74) is 6.55. The lowest BCUT2D eigenvalue weighted by molar-refractivity contribution is 0.102. The number of carbonyl (C=O) groups is 1. The molecule has 0 aliphatic carbocycles. The first-order valence-corrected chi connectivity index (χ1v) is 12.8. The van der Waals surface area contributed by atoms with Gasteiger partial charge in [0.2, 0.25) is 5.95 Å². The molecule has 6 rings (SSSR count). The van der Waals surface area contributed by atoms with Gasteiger partial charge in [-0.1, -0.05) is 53.2 Å². The van der Waals surface area contributed by atoms with E-state index in [1.807, 2.05) is 98.8 Å². The van der Waals surface area contributed by atoms with Crippen LogP contribution in [0.4, 0.5) is 28.8 Å². The zero-order valence-corrected chi connectivity index (χ0v) is 22.0. The smallest absolute Gasteiger partial charge is 0.255 e. The minimum absolute atomic E-state index is 0.221. The molecule has 40 heavy (non-hydrogen) atoms. The number of nitrogens with one attached hydrogen (secondary N) is 3. The van der Waals surface area contributed by atoms with Gasteiger partial charge >= 0.3 is 0 Å². The van der Waals surface area contributed by atoms with Gasteiger partial charge in [-0.05, 0) is 68.4 Å². The molecule has 0 aliphatic rings. The van der Waals surface area contributed by atoms with Gasteiger partial charge < -0.3 is 20.5 Å². The predicted molar refractivity (Wildman–Crippen MR) is 158 cm³/mol. The fraction of sp³-hybridized carbons (Fsp3) is 0.0625. The predicted octanol–water partition coefficient (Wildman–Crippen LogP) is 7.64. The van der Waals surface area contributed by atoms with Gasteiger partial charge in [-0.15, -0.1) is 0 Å². The number of hydrogen-bond donors (Lipinski definition) is 3. The van der Waals surface area contributed by atoms with Crippen LogP contribution in [-0.4, -0.2) is 21.0 Å². The maximum atomic E-state index is 13.0. The third-order valence-electron chi connectivity index (χ3n) is 6.35. The molecule has 0 saturated carbocycles. The number of fused-ring (bicyclic) bond motifs is 1. The van der Waals surface area contributed by atoms with Crippen LogP contribution in [0, 0.1) is 13.8 Å². The van der Waals surface area contributed by atoms with Crippen LogP contribution >= 0.6 is 0 Å². The van der Waals surface area contributed by atoms with Gasteiger partial charge in [0.05, 0.1) is 5.39 Å². The van der Waals surface area contributed by atoms with E-state index in [1.165, 1.54) is 5.56 Å². The number of aromatic nitrogens is 3. The highest BCUT2D eigenvalue weighted by molar-refractivity contribution is 6.07. The Morgan fingerprint density at radius 3 is 2.20 bits per heavy atom. The van der Waals surface area contributed by atoms with Crippen LogP contribution in [0.25, 0.3) is 22.2 Å². The molecule has 2 heterocycles. The molecule has 4 aromatic carbocycles. The second-order valence-electron chi connectivity index (χ2n) is 9.48. The lowest BCUT2D eigenvalue weighted by Gasteiger charge is -2.11. The van der Waals surface area contributed by atoms with Crippen molar-refractivity contribution in [3.63, 3.8) is 0 Å². The molecule has 0 spiro atoms. The second-order valence-corrected chi connectivity index (χ2v) is 9.48. The van der Waals surface area contributed by atoms with Crippen LogP contribution in [0.1, 0.15) is 21.6 Å². The Kier molecular flexibility index (Phi) is 6.64. The van der Waals surface area contributed by atoms with Crippen molar-refractivity contribution in [1.82, 2.24) is 15.1 Å². The Hall–Kier alpha value is -5.50. The average Bonchev–Trinajstić information content (AvgIpc) is 3.39. The molecule has 0 saturated heterocycles. The molecular weight excluding hydrogens is 500 g/mol. The normalized spacial score (nSPS) is 10.8. The number of carbonyl (C=O) groups excluding carboxylic acids is 1. The Bertz CT molecular complexity index is 1800. The fourth-order valence-corrected chi connectivity index (χ4v) is 4.32. The Labute approximate surface area is 231 Å². The number of rotatable bonds is 7. The summed E-state index contributed by atoms with van der Waals surface area (Å²) in [6, 6.07) is 32.4. The standard InChI is InChI=1S/C32H26N6O2/c1-20-8-11-26(12-9-20)36-32-33-21(2)18-29(37-32)34-24-13-15-25(16-14-24)35-31(39)23-10-17-28-27(19-23)30(40-38-28)22-6-4-3-5-7-22/h3-19H,1-2H3,(H,35,39)(H2,33,34,36,37). The highest BCUT2D eigenvalue weighted by Gasteiger charge is 2.14. The zero-order chi connectivity index (χ0) is 27.5. The van der Waals surface area contributed by atoms with Gasteiger partial charge in [0, 0.05) is 39.9 Å². The SMILES string of the molecule is Cc1ccc(Nc2nc(C)cc(Nc3ccc(NC(=O)c4ccc5noc(-c6ccccc6)c5c4)cc3)n2)cc1. The second kappa shape index (κ2) is 10.7. The van der Waals surface area contributed by atoms with E-state index >= 15 is 0 Å². The number of hydrogen-bond acceptors (Lipinski definition) is 7. The first-order chi connectivity index (χ1) is 19.5. The van der Waals surface area contributed by atoms with Gasteiger partial charge in [0.1, 0.15) is 11.3 Å². The van der Waals surface area contributed by atoms with Gasteiger partial charge in [-0.25, -0.2) is 4.98 Å². The summed E-state index contributed by atoms with van der Waals surface area (Å²) in [4.78, 5) is 22.1. The molecule has 8 nitrogen and oxygen atoms in total. The highest BCUT2D eigenvalue weighted by Crippen LogP contribution is 2.29.